The third-order valence-electron chi connectivity index (χ3n) is 2.94. The number of anilines is 1. The molecular formula is C16H18ClFN2. The van der Waals surface area contributed by atoms with Gasteiger partial charge >= 0.3 is 0 Å². The molecule has 0 aliphatic carbocycles. The van der Waals surface area contributed by atoms with Gasteiger partial charge < -0.3 is 10.2 Å². The van der Waals surface area contributed by atoms with Crippen molar-refractivity contribution in [3.8, 4) is 0 Å². The molecule has 0 spiro atoms. The van der Waals surface area contributed by atoms with Gasteiger partial charge in [0, 0.05) is 24.3 Å². The number of benzene rings is 2. The lowest BCUT2D eigenvalue weighted by atomic mass is 10.1. The minimum absolute atomic E-state index is 0.158. The third-order valence-corrected chi connectivity index (χ3v) is 3.23. The van der Waals surface area contributed by atoms with E-state index >= 15 is 0 Å². The maximum atomic E-state index is 13.8. The number of nitrogens with one attached hydrogen (secondary N) is 1. The number of hydrogen-bond acceptors (Lipinski definition) is 2. The van der Waals surface area contributed by atoms with E-state index < -0.39 is 0 Å². The highest BCUT2D eigenvalue weighted by atomic mass is 35.5. The summed E-state index contributed by atoms with van der Waals surface area (Å²) in [5, 5.41) is 3.38. The van der Waals surface area contributed by atoms with Crippen LogP contribution in [0, 0.1) is 5.82 Å². The molecule has 0 amide bonds. The van der Waals surface area contributed by atoms with Gasteiger partial charge in [-0.25, -0.2) is 4.39 Å². The first-order chi connectivity index (χ1) is 9.56. The van der Waals surface area contributed by atoms with Crippen molar-refractivity contribution in [2.45, 2.75) is 13.1 Å². The molecule has 0 radical (unpaired) electrons. The molecule has 1 N–H and O–H groups in total. The van der Waals surface area contributed by atoms with Crippen molar-refractivity contribution in [1.29, 1.82) is 0 Å². The van der Waals surface area contributed by atoms with Crippen LogP contribution in [0.5, 0.6) is 0 Å². The molecule has 0 atom stereocenters. The molecular weight excluding hydrogens is 275 g/mol. The lowest BCUT2D eigenvalue weighted by Crippen LogP contribution is -2.11. The Kier molecular flexibility index (Phi) is 4.99. The summed E-state index contributed by atoms with van der Waals surface area (Å²) >= 11 is 5.77. The smallest absolute Gasteiger partial charge is 0.146 e. The van der Waals surface area contributed by atoms with Crippen LogP contribution >= 0.6 is 11.6 Å². The Hall–Kier alpha value is -1.58. The number of nitrogens with zero attached hydrogens (tertiary/aromatic N) is 1. The van der Waals surface area contributed by atoms with Gasteiger partial charge in [-0.15, -0.1) is 0 Å². The third kappa shape index (κ3) is 3.95. The van der Waals surface area contributed by atoms with E-state index in [4.69, 9.17) is 11.6 Å². The van der Waals surface area contributed by atoms with E-state index in [0.717, 1.165) is 12.2 Å². The fraction of sp³-hybridized carbons (Fsp3) is 0.250. The van der Waals surface area contributed by atoms with Gasteiger partial charge in [-0.2, -0.15) is 0 Å². The summed E-state index contributed by atoms with van der Waals surface area (Å²) in [6, 6.07) is 13.2. The summed E-state index contributed by atoms with van der Waals surface area (Å²) in [5.41, 5.74) is 2.76. The van der Waals surface area contributed by atoms with Crippen LogP contribution in [0.2, 0.25) is 5.02 Å². The molecule has 20 heavy (non-hydrogen) atoms. The van der Waals surface area contributed by atoms with Crippen molar-refractivity contribution in [2.24, 2.45) is 0 Å². The first kappa shape index (κ1) is 14.8. The predicted molar refractivity (Wildman–Crippen MR) is 82.6 cm³/mol. The molecule has 0 saturated heterocycles. The number of rotatable bonds is 5. The topological polar surface area (TPSA) is 15.3 Å². The molecule has 0 aliphatic rings. The summed E-state index contributed by atoms with van der Waals surface area (Å²) in [6.45, 7) is 1.29. The van der Waals surface area contributed by atoms with Gasteiger partial charge in [0.1, 0.15) is 5.82 Å². The van der Waals surface area contributed by atoms with E-state index in [9.17, 15) is 4.39 Å². The van der Waals surface area contributed by atoms with Gasteiger partial charge in [0.2, 0.25) is 0 Å². The van der Waals surface area contributed by atoms with Crippen molar-refractivity contribution >= 4 is 17.3 Å². The predicted octanol–water partition coefficient (Wildman–Crippen LogP) is 4.15. The van der Waals surface area contributed by atoms with Gasteiger partial charge in [-0.05, 0) is 37.9 Å². The molecule has 0 aliphatic heterocycles. The van der Waals surface area contributed by atoms with Crippen LogP contribution in [0.25, 0.3) is 0 Å². The maximum Gasteiger partial charge on any atom is 0.146 e. The zero-order chi connectivity index (χ0) is 14.5. The quantitative estimate of drug-likeness (QED) is 0.890. The Balaban J connectivity index is 2.05. The van der Waals surface area contributed by atoms with Gasteiger partial charge in [-0.3, -0.25) is 0 Å². The molecule has 4 heteroatoms. The normalized spacial score (nSPS) is 10.8. The molecule has 0 unspecified atom stereocenters. The zero-order valence-electron chi connectivity index (χ0n) is 11.7. The Morgan fingerprint density at radius 1 is 1.15 bits per heavy atom. The van der Waals surface area contributed by atoms with Crippen molar-refractivity contribution in [1.82, 2.24) is 4.90 Å². The Bertz CT molecular complexity index is 584. The lowest BCUT2D eigenvalue weighted by Gasteiger charge is -2.12. The maximum absolute atomic E-state index is 13.8. The van der Waals surface area contributed by atoms with Crippen LogP contribution in [0.3, 0.4) is 0 Å². The molecule has 0 aromatic heterocycles. The summed E-state index contributed by atoms with van der Waals surface area (Å²) in [6.07, 6.45) is 0. The number of hydrogen-bond donors (Lipinski definition) is 1. The standard InChI is InChI=1S/C16H18ClFN2/c1-20(2)11-12-5-3-7-14(9-12)19-10-13-6-4-8-15(17)16(13)18/h3-9,19H,10-11H2,1-2H3. The van der Waals surface area contributed by atoms with Gasteiger partial charge in [0.15, 0.2) is 0 Å². The first-order valence-corrected chi connectivity index (χ1v) is 6.84. The molecule has 2 aromatic carbocycles. The van der Waals surface area contributed by atoms with E-state index in [1.54, 1.807) is 18.2 Å². The highest BCUT2D eigenvalue weighted by Crippen LogP contribution is 2.19. The molecule has 106 valence electrons. The second-order valence-corrected chi connectivity index (χ2v) is 5.41. The van der Waals surface area contributed by atoms with E-state index in [-0.39, 0.29) is 10.8 Å². The highest BCUT2D eigenvalue weighted by molar-refractivity contribution is 6.30. The molecule has 2 aromatic rings. The van der Waals surface area contributed by atoms with Crippen LogP contribution < -0.4 is 5.32 Å². The summed E-state index contributed by atoms with van der Waals surface area (Å²) < 4.78 is 13.8. The Labute approximate surface area is 124 Å². The van der Waals surface area contributed by atoms with Crippen molar-refractivity contribution in [3.63, 3.8) is 0 Å². The molecule has 2 rings (SSSR count). The largest absolute Gasteiger partial charge is 0.381 e. The van der Waals surface area contributed by atoms with Crippen molar-refractivity contribution in [2.75, 3.05) is 19.4 Å². The van der Waals surface area contributed by atoms with Crippen LogP contribution in [-0.4, -0.2) is 19.0 Å². The zero-order valence-corrected chi connectivity index (χ0v) is 12.4. The second-order valence-electron chi connectivity index (χ2n) is 5.00. The average molecular weight is 293 g/mol. The van der Waals surface area contributed by atoms with Gasteiger partial charge in [0.25, 0.3) is 0 Å². The Morgan fingerprint density at radius 2 is 1.90 bits per heavy atom. The van der Waals surface area contributed by atoms with E-state index in [0.29, 0.717) is 12.1 Å². The van der Waals surface area contributed by atoms with Crippen molar-refractivity contribution < 1.29 is 4.39 Å². The van der Waals surface area contributed by atoms with Crippen LogP contribution in [0.4, 0.5) is 10.1 Å². The monoisotopic (exact) mass is 292 g/mol. The minimum atomic E-state index is -0.355. The molecule has 2 nitrogen and oxygen atoms in total. The summed E-state index contributed by atoms with van der Waals surface area (Å²) in [5.74, 6) is -0.355. The summed E-state index contributed by atoms with van der Waals surface area (Å²) in [7, 11) is 4.06. The summed E-state index contributed by atoms with van der Waals surface area (Å²) in [4.78, 5) is 2.11. The fourth-order valence-corrected chi connectivity index (χ4v) is 2.22. The van der Waals surface area contributed by atoms with Crippen LogP contribution in [-0.2, 0) is 13.1 Å². The van der Waals surface area contributed by atoms with Crippen LogP contribution in [0.15, 0.2) is 42.5 Å². The second kappa shape index (κ2) is 6.73. The van der Waals surface area contributed by atoms with E-state index in [2.05, 4.69) is 22.3 Å². The molecule has 0 bridgehead atoms. The lowest BCUT2D eigenvalue weighted by molar-refractivity contribution is 0.402. The van der Waals surface area contributed by atoms with Gasteiger partial charge in [-0.1, -0.05) is 35.9 Å². The van der Waals surface area contributed by atoms with E-state index in [1.165, 1.54) is 5.56 Å². The number of halogens is 2. The van der Waals surface area contributed by atoms with Crippen molar-refractivity contribution in [3.05, 3.63) is 64.4 Å². The van der Waals surface area contributed by atoms with Crippen LogP contribution in [0.1, 0.15) is 11.1 Å². The highest BCUT2D eigenvalue weighted by Gasteiger charge is 2.06. The van der Waals surface area contributed by atoms with Gasteiger partial charge in [0.05, 0.1) is 5.02 Å². The van der Waals surface area contributed by atoms with E-state index in [1.807, 2.05) is 26.2 Å². The fourth-order valence-electron chi connectivity index (χ4n) is 2.03. The SMILES string of the molecule is CN(C)Cc1cccc(NCc2cccc(Cl)c2F)c1. The minimum Gasteiger partial charge on any atom is -0.381 e. The molecule has 0 heterocycles. The Morgan fingerprint density at radius 3 is 2.65 bits per heavy atom. The molecule has 0 saturated carbocycles. The molecule has 0 fully saturated rings. The average Bonchev–Trinajstić information content (AvgIpc) is 2.40. The first-order valence-electron chi connectivity index (χ1n) is 6.46.